The van der Waals surface area contributed by atoms with Crippen LogP contribution < -0.4 is 0 Å². The zero-order valence-corrected chi connectivity index (χ0v) is 16.1. The highest BCUT2D eigenvalue weighted by Crippen LogP contribution is 2.27. The summed E-state index contributed by atoms with van der Waals surface area (Å²) in [4.78, 5) is 27.7. The Balaban J connectivity index is 1.31. The topological polar surface area (TPSA) is 92.6 Å². The van der Waals surface area contributed by atoms with E-state index in [1.54, 1.807) is 0 Å². The number of carbonyl (C=O) groups is 1. The molecule has 4 rings (SSSR count). The van der Waals surface area contributed by atoms with Crippen LogP contribution in [0.4, 0.5) is 0 Å². The van der Waals surface area contributed by atoms with Crippen LogP contribution in [-0.4, -0.2) is 53.6 Å². The number of carbonyl (C=O) groups excluding carboxylic acids is 1. The number of aromatic amines is 1. The maximum absolute atomic E-state index is 12.5. The van der Waals surface area contributed by atoms with Gasteiger partial charge in [-0.3, -0.25) is 14.9 Å². The second kappa shape index (κ2) is 8.33. The van der Waals surface area contributed by atoms with Gasteiger partial charge in [-0.15, -0.1) is 0 Å². The van der Waals surface area contributed by atoms with E-state index >= 15 is 0 Å². The average Bonchev–Trinajstić information content (AvgIpc) is 3.36. The summed E-state index contributed by atoms with van der Waals surface area (Å²) >= 11 is 0. The third-order valence-electron chi connectivity index (χ3n) is 5.22. The molecular weight excluding hydrogens is 354 g/mol. The minimum Gasteiger partial charge on any atom is -0.343 e. The summed E-state index contributed by atoms with van der Waals surface area (Å²) in [5.74, 6) is 3.13. The van der Waals surface area contributed by atoms with Crippen LogP contribution in [0.5, 0.6) is 0 Å². The van der Waals surface area contributed by atoms with Crippen molar-refractivity contribution in [1.82, 2.24) is 34.6 Å². The number of imidazole rings is 1. The van der Waals surface area contributed by atoms with Crippen molar-refractivity contribution in [2.75, 3.05) is 13.1 Å². The van der Waals surface area contributed by atoms with Gasteiger partial charge in [0.1, 0.15) is 11.6 Å². The molecule has 146 valence electrons. The van der Waals surface area contributed by atoms with Gasteiger partial charge in [0.2, 0.25) is 5.91 Å². The molecular formula is C20H25N7O. The predicted molar refractivity (Wildman–Crippen MR) is 104 cm³/mol. The Bertz CT molecular complexity index is 910. The molecule has 3 aromatic rings. The summed E-state index contributed by atoms with van der Waals surface area (Å²) in [6.45, 7) is 4.13. The molecule has 0 aliphatic carbocycles. The van der Waals surface area contributed by atoms with Gasteiger partial charge in [-0.25, -0.2) is 9.97 Å². The van der Waals surface area contributed by atoms with E-state index in [9.17, 15) is 4.79 Å². The normalized spacial score (nSPS) is 15.1. The second-order valence-corrected chi connectivity index (χ2v) is 7.23. The number of hydrogen-bond donors (Lipinski definition) is 1. The van der Waals surface area contributed by atoms with Crippen molar-refractivity contribution < 1.29 is 4.79 Å². The Morgan fingerprint density at radius 3 is 2.79 bits per heavy atom. The van der Waals surface area contributed by atoms with Crippen LogP contribution >= 0.6 is 0 Å². The number of hydrogen-bond acceptors (Lipinski definition) is 5. The summed E-state index contributed by atoms with van der Waals surface area (Å²) in [6.07, 6.45) is 8.59. The van der Waals surface area contributed by atoms with Gasteiger partial charge in [0.05, 0.1) is 12.2 Å². The van der Waals surface area contributed by atoms with E-state index in [4.69, 9.17) is 0 Å². The highest BCUT2D eigenvalue weighted by Gasteiger charge is 2.26. The number of aromatic nitrogens is 6. The summed E-state index contributed by atoms with van der Waals surface area (Å²) in [5, 5.41) is 6.92. The maximum atomic E-state index is 12.5. The van der Waals surface area contributed by atoms with E-state index in [0.717, 1.165) is 49.8 Å². The van der Waals surface area contributed by atoms with E-state index in [-0.39, 0.29) is 5.91 Å². The van der Waals surface area contributed by atoms with Crippen molar-refractivity contribution in [3.63, 3.8) is 0 Å². The smallest absolute Gasteiger partial charge is 0.223 e. The summed E-state index contributed by atoms with van der Waals surface area (Å²) in [7, 11) is 0. The Labute approximate surface area is 164 Å². The number of pyridine rings is 1. The molecule has 8 heteroatoms. The van der Waals surface area contributed by atoms with Gasteiger partial charge in [0.25, 0.3) is 0 Å². The van der Waals surface area contributed by atoms with Crippen molar-refractivity contribution in [3.05, 3.63) is 60.0 Å². The monoisotopic (exact) mass is 379 g/mol. The van der Waals surface area contributed by atoms with Crippen LogP contribution in [0.2, 0.25) is 0 Å². The Morgan fingerprint density at radius 2 is 2.07 bits per heavy atom. The van der Waals surface area contributed by atoms with Crippen LogP contribution in [0, 0.1) is 6.92 Å². The molecule has 1 amide bonds. The number of piperidine rings is 1. The molecule has 8 nitrogen and oxygen atoms in total. The molecule has 0 unspecified atom stereocenters. The van der Waals surface area contributed by atoms with Gasteiger partial charge in [0.15, 0.2) is 5.82 Å². The van der Waals surface area contributed by atoms with Gasteiger partial charge in [-0.2, -0.15) is 5.10 Å². The number of amides is 1. The van der Waals surface area contributed by atoms with Crippen molar-refractivity contribution >= 4 is 5.91 Å². The van der Waals surface area contributed by atoms with Gasteiger partial charge in [-0.05, 0) is 31.9 Å². The lowest BCUT2D eigenvalue weighted by molar-refractivity contribution is -0.132. The summed E-state index contributed by atoms with van der Waals surface area (Å²) < 4.78 is 2.18. The van der Waals surface area contributed by atoms with Crippen molar-refractivity contribution in [3.8, 4) is 0 Å². The lowest BCUT2D eigenvalue weighted by Crippen LogP contribution is -2.38. The number of H-pyrrole nitrogens is 1. The lowest BCUT2D eigenvalue weighted by Gasteiger charge is -2.32. The van der Waals surface area contributed by atoms with Gasteiger partial charge in [-0.1, -0.05) is 6.07 Å². The third-order valence-corrected chi connectivity index (χ3v) is 5.22. The van der Waals surface area contributed by atoms with Crippen LogP contribution in [-0.2, 0) is 17.8 Å². The molecule has 0 spiro atoms. The fourth-order valence-electron chi connectivity index (χ4n) is 3.75. The fraction of sp³-hybridized carbons (Fsp3) is 0.450. The molecule has 1 aliphatic rings. The molecule has 4 heterocycles. The Hall–Kier alpha value is -3.03. The first-order valence-corrected chi connectivity index (χ1v) is 9.75. The van der Waals surface area contributed by atoms with Crippen molar-refractivity contribution in [2.45, 2.75) is 45.1 Å². The van der Waals surface area contributed by atoms with Crippen molar-refractivity contribution in [1.29, 1.82) is 0 Å². The molecule has 1 fully saturated rings. The van der Waals surface area contributed by atoms with Gasteiger partial charge in [0, 0.05) is 50.4 Å². The zero-order chi connectivity index (χ0) is 19.3. The number of nitrogens with one attached hydrogen (secondary N) is 1. The zero-order valence-electron chi connectivity index (χ0n) is 16.1. The molecule has 1 saturated heterocycles. The molecule has 3 aromatic heterocycles. The summed E-state index contributed by atoms with van der Waals surface area (Å²) in [6, 6.07) is 5.96. The van der Waals surface area contributed by atoms with Crippen molar-refractivity contribution in [2.24, 2.45) is 0 Å². The quantitative estimate of drug-likeness (QED) is 0.708. The SMILES string of the molecule is Cc1nc(CCC(=O)N2CCC(c3nccn3Cc3ccccn3)CC2)n[nH]1. The second-order valence-electron chi connectivity index (χ2n) is 7.23. The molecule has 1 N–H and O–H groups in total. The van der Waals surface area contributed by atoms with E-state index in [0.29, 0.717) is 24.6 Å². The van der Waals surface area contributed by atoms with Crippen LogP contribution in [0.3, 0.4) is 0 Å². The third kappa shape index (κ3) is 4.27. The number of rotatable bonds is 6. The van der Waals surface area contributed by atoms with Gasteiger partial charge < -0.3 is 9.47 Å². The minimum atomic E-state index is 0.178. The first-order valence-electron chi connectivity index (χ1n) is 9.75. The van der Waals surface area contributed by atoms with Crippen LogP contribution in [0.25, 0.3) is 0 Å². The molecule has 0 bridgehead atoms. The van der Waals surface area contributed by atoms with Gasteiger partial charge >= 0.3 is 0 Å². The highest BCUT2D eigenvalue weighted by atomic mass is 16.2. The first-order chi connectivity index (χ1) is 13.7. The summed E-state index contributed by atoms with van der Waals surface area (Å²) in [5.41, 5.74) is 1.02. The largest absolute Gasteiger partial charge is 0.343 e. The first kappa shape index (κ1) is 18.3. The Morgan fingerprint density at radius 1 is 1.21 bits per heavy atom. The predicted octanol–water partition coefficient (Wildman–Crippen LogP) is 2.09. The van der Waals surface area contributed by atoms with Crippen LogP contribution in [0.15, 0.2) is 36.8 Å². The highest BCUT2D eigenvalue weighted by molar-refractivity contribution is 5.76. The molecule has 0 radical (unpaired) electrons. The van der Waals surface area contributed by atoms with E-state index in [1.807, 2.05) is 48.6 Å². The number of likely N-dealkylation sites (tertiary alicyclic amines) is 1. The molecule has 0 saturated carbocycles. The minimum absolute atomic E-state index is 0.178. The maximum Gasteiger partial charge on any atom is 0.223 e. The number of nitrogens with zero attached hydrogens (tertiary/aromatic N) is 6. The van der Waals surface area contributed by atoms with E-state index < -0.39 is 0 Å². The standard InChI is InChI=1S/C20H25N7O/c1-15-23-18(25-24-15)5-6-19(28)26-11-7-16(8-12-26)20-22-10-13-27(20)14-17-4-2-3-9-21-17/h2-4,9-10,13,16H,5-8,11-12,14H2,1H3,(H,23,24,25). The molecule has 0 atom stereocenters. The lowest BCUT2D eigenvalue weighted by atomic mass is 9.95. The molecule has 0 aromatic carbocycles. The number of aryl methyl sites for hydroxylation is 2. The molecule has 1 aliphatic heterocycles. The molecule has 28 heavy (non-hydrogen) atoms. The average molecular weight is 379 g/mol. The van der Waals surface area contributed by atoms with E-state index in [2.05, 4.69) is 29.7 Å². The Kier molecular flexibility index (Phi) is 5.45. The van der Waals surface area contributed by atoms with Crippen LogP contribution in [0.1, 0.15) is 48.3 Å². The fourth-order valence-corrected chi connectivity index (χ4v) is 3.75. The van der Waals surface area contributed by atoms with E-state index in [1.165, 1.54) is 0 Å².